The molecule has 1 aromatic heterocycles. The first kappa shape index (κ1) is 8.62. The molecular weight excluding hydrogens is 176 g/mol. The van der Waals surface area contributed by atoms with Crippen LogP contribution in [-0.4, -0.2) is 9.55 Å². The van der Waals surface area contributed by atoms with Crippen LogP contribution in [0.5, 0.6) is 0 Å². The molecule has 0 fully saturated rings. The summed E-state index contributed by atoms with van der Waals surface area (Å²) in [7, 11) is 0. The highest BCUT2D eigenvalue weighted by Crippen LogP contribution is 2.23. The van der Waals surface area contributed by atoms with E-state index < -0.39 is 0 Å². The van der Waals surface area contributed by atoms with E-state index in [1.54, 1.807) is 12.5 Å². The number of rotatable bonds is 1. The number of nitrogen functional groups attached to an aromatic ring is 2. The first-order valence-corrected chi connectivity index (χ1v) is 4.32. The highest BCUT2D eigenvalue weighted by Gasteiger charge is 2.03. The lowest BCUT2D eigenvalue weighted by Crippen LogP contribution is -2.00. The van der Waals surface area contributed by atoms with Crippen LogP contribution >= 0.6 is 0 Å². The predicted octanol–water partition coefficient (Wildman–Crippen LogP) is 1.35. The van der Waals surface area contributed by atoms with E-state index in [9.17, 15) is 0 Å². The third kappa shape index (κ3) is 1.31. The number of hydrogen-bond acceptors (Lipinski definition) is 3. The Hall–Kier alpha value is -1.97. The maximum Gasteiger partial charge on any atom is 0.0991 e. The van der Waals surface area contributed by atoms with Crippen LogP contribution in [0.25, 0.3) is 5.69 Å². The number of anilines is 2. The molecule has 1 heterocycles. The summed E-state index contributed by atoms with van der Waals surface area (Å²) in [6.45, 7) is 1.99. The predicted molar refractivity (Wildman–Crippen MR) is 57.1 cm³/mol. The molecule has 2 rings (SSSR count). The molecule has 4 nitrogen and oxygen atoms in total. The van der Waals surface area contributed by atoms with Gasteiger partial charge in [0.1, 0.15) is 0 Å². The maximum absolute atomic E-state index is 5.74. The van der Waals surface area contributed by atoms with Crippen molar-refractivity contribution >= 4 is 11.4 Å². The molecule has 0 spiro atoms. The molecule has 0 aliphatic carbocycles. The fourth-order valence-electron chi connectivity index (χ4n) is 1.41. The van der Waals surface area contributed by atoms with Crippen LogP contribution in [0.2, 0.25) is 0 Å². The zero-order chi connectivity index (χ0) is 10.1. The van der Waals surface area contributed by atoms with Crippen molar-refractivity contribution in [1.29, 1.82) is 0 Å². The van der Waals surface area contributed by atoms with Gasteiger partial charge in [-0.3, -0.25) is 0 Å². The fraction of sp³-hybridized carbons (Fsp3) is 0.100. The van der Waals surface area contributed by atoms with Gasteiger partial charge in [-0.05, 0) is 24.6 Å². The largest absolute Gasteiger partial charge is 0.397 e. The van der Waals surface area contributed by atoms with E-state index in [2.05, 4.69) is 4.98 Å². The van der Waals surface area contributed by atoms with Gasteiger partial charge in [-0.1, -0.05) is 0 Å². The van der Waals surface area contributed by atoms with Gasteiger partial charge < -0.3 is 16.0 Å². The highest BCUT2D eigenvalue weighted by atomic mass is 15.0. The van der Waals surface area contributed by atoms with Gasteiger partial charge in [0.15, 0.2) is 0 Å². The Labute approximate surface area is 82.2 Å². The van der Waals surface area contributed by atoms with Crippen LogP contribution in [0.15, 0.2) is 30.9 Å². The minimum absolute atomic E-state index is 0.597. The number of imidazole rings is 1. The molecule has 0 saturated carbocycles. The second kappa shape index (κ2) is 3.06. The Morgan fingerprint density at radius 1 is 1.21 bits per heavy atom. The number of aromatic nitrogens is 2. The van der Waals surface area contributed by atoms with Crippen molar-refractivity contribution in [2.45, 2.75) is 6.92 Å². The van der Waals surface area contributed by atoms with Gasteiger partial charge in [-0.15, -0.1) is 0 Å². The standard InChI is InChI=1S/C10H12N4/c1-7-4-8(11)9(12)5-10(7)14-3-2-13-6-14/h2-6H,11-12H2,1H3. The zero-order valence-electron chi connectivity index (χ0n) is 7.94. The zero-order valence-corrected chi connectivity index (χ0v) is 7.94. The quantitative estimate of drug-likeness (QED) is 0.663. The summed E-state index contributed by atoms with van der Waals surface area (Å²) in [5.41, 5.74) is 14.7. The summed E-state index contributed by atoms with van der Waals surface area (Å²) >= 11 is 0. The number of nitrogens with two attached hydrogens (primary N) is 2. The van der Waals surface area contributed by atoms with E-state index in [0.717, 1.165) is 11.3 Å². The molecule has 0 unspecified atom stereocenters. The second-order valence-electron chi connectivity index (χ2n) is 3.24. The van der Waals surface area contributed by atoms with Crippen LogP contribution in [0.3, 0.4) is 0 Å². The van der Waals surface area contributed by atoms with Crippen LogP contribution < -0.4 is 11.5 Å². The van der Waals surface area contributed by atoms with Crippen molar-refractivity contribution in [2.75, 3.05) is 11.5 Å². The van der Waals surface area contributed by atoms with Crippen molar-refractivity contribution in [3.8, 4) is 5.69 Å². The summed E-state index contributed by atoms with van der Waals surface area (Å²) in [5.74, 6) is 0. The van der Waals surface area contributed by atoms with Crippen molar-refractivity contribution in [3.05, 3.63) is 36.4 Å². The Bertz CT molecular complexity index is 445. The normalized spacial score (nSPS) is 10.4. The molecule has 0 aliphatic heterocycles. The molecule has 72 valence electrons. The maximum atomic E-state index is 5.74. The molecule has 14 heavy (non-hydrogen) atoms. The van der Waals surface area contributed by atoms with E-state index in [1.807, 2.05) is 29.8 Å². The van der Waals surface area contributed by atoms with E-state index in [4.69, 9.17) is 11.5 Å². The Kier molecular flexibility index (Phi) is 1.89. The van der Waals surface area contributed by atoms with Crippen molar-refractivity contribution in [2.24, 2.45) is 0 Å². The molecule has 0 amide bonds. The molecular formula is C10H12N4. The molecule has 4 N–H and O–H groups in total. The first-order valence-electron chi connectivity index (χ1n) is 4.32. The van der Waals surface area contributed by atoms with Gasteiger partial charge in [-0.2, -0.15) is 0 Å². The Morgan fingerprint density at radius 2 is 1.93 bits per heavy atom. The molecule has 0 aliphatic rings. The molecule has 4 heteroatoms. The van der Waals surface area contributed by atoms with Gasteiger partial charge in [0.2, 0.25) is 0 Å². The molecule has 0 atom stereocenters. The number of benzene rings is 1. The summed E-state index contributed by atoms with van der Waals surface area (Å²) in [6.07, 6.45) is 5.34. The molecule has 0 bridgehead atoms. The van der Waals surface area contributed by atoms with Gasteiger partial charge >= 0.3 is 0 Å². The van der Waals surface area contributed by atoms with Crippen molar-refractivity contribution < 1.29 is 0 Å². The fourth-order valence-corrected chi connectivity index (χ4v) is 1.41. The summed E-state index contributed by atoms with van der Waals surface area (Å²) < 4.78 is 1.91. The molecule has 0 saturated heterocycles. The Balaban J connectivity index is 2.60. The minimum Gasteiger partial charge on any atom is -0.397 e. The third-order valence-electron chi connectivity index (χ3n) is 2.18. The van der Waals surface area contributed by atoms with E-state index in [-0.39, 0.29) is 0 Å². The SMILES string of the molecule is Cc1cc(N)c(N)cc1-n1ccnc1. The van der Waals surface area contributed by atoms with E-state index >= 15 is 0 Å². The van der Waals surface area contributed by atoms with E-state index in [1.165, 1.54) is 0 Å². The van der Waals surface area contributed by atoms with Gasteiger partial charge in [0.25, 0.3) is 0 Å². The van der Waals surface area contributed by atoms with Crippen molar-refractivity contribution in [1.82, 2.24) is 9.55 Å². The summed E-state index contributed by atoms with van der Waals surface area (Å²) in [5, 5.41) is 0. The average molecular weight is 188 g/mol. The van der Waals surface area contributed by atoms with Gasteiger partial charge in [-0.25, -0.2) is 4.98 Å². The van der Waals surface area contributed by atoms with Crippen LogP contribution in [0, 0.1) is 6.92 Å². The average Bonchev–Trinajstić information content (AvgIpc) is 2.64. The minimum atomic E-state index is 0.597. The van der Waals surface area contributed by atoms with Gasteiger partial charge in [0, 0.05) is 12.4 Å². The first-order chi connectivity index (χ1) is 6.68. The number of aryl methyl sites for hydroxylation is 1. The van der Waals surface area contributed by atoms with Crippen LogP contribution in [-0.2, 0) is 0 Å². The topological polar surface area (TPSA) is 69.9 Å². The lowest BCUT2D eigenvalue weighted by molar-refractivity contribution is 1.04. The lowest BCUT2D eigenvalue weighted by atomic mass is 10.1. The number of hydrogen-bond donors (Lipinski definition) is 2. The Morgan fingerprint density at radius 3 is 2.57 bits per heavy atom. The molecule has 0 radical (unpaired) electrons. The third-order valence-corrected chi connectivity index (χ3v) is 2.18. The summed E-state index contributed by atoms with van der Waals surface area (Å²) in [6, 6.07) is 3.72. The smallest absolute Gasteiger partial charge is 0.0991 e. The lowest BCUT2D eigenvalue weighted by Gasteiger charge is -2.09. The highest BCUT2D eigenvalue weighted by molar-refractivity contribution is 5.68. The van der Waals surface area contributed by atoms with E-state index in [0.29, 0.717) is 11.4 Å². The molecule has 1 aromatic carbocycles. The van der Waals surface area contributed by atoms with Crippen molar-refractivity contribution in [3.63, 3.8) is 0 Å². The monoisotopic (exact) mass is 188 g/mol. The van der Waals surface area contributed by atoms with Gasteiger partial charge in [0.05, 0.1) is 23.4 Å². The van der Waals surface area contributed by atoms with Crippen LogP contribution in [0.4, 0.5) is 11.4 Å². The summed E-state index contributed by atoms with van der Waals surface area (Å²) in [4.78, 5) is 3.98. The second-order valence-corrected chi connectivity index (χ2v) is 3.24. The molecule has 2 aromatic rings. The van der Waals surface area contributed by atoms with Crippen LogP contribution in [0.1, 0.15) is 5.56 Å². The number of nitrogens with zero attached hydrogens (tertiary/aromatic N) is 2.